The maximum Gasteiger partial charge on any atom is 0.319 e. The van der Waals surface area contributed by atoms with Gasteiger partial charge in [-0.2, -0.15) is 0 Å². The van der Waals surface area contributed by atoms with E-state index in [0.717, 1.165) is 16.8 Å². The van der Waals surface area contributed by atoms with Crippen LogP contribution in [0, 0.1) is 6.92 Å². The van der Waals surface area contributed by atoms with E-state index in [4.69, 9.17) is 13.9 Å². The number of halogens is 1. The van der Waals surface area contributed by atoms with Gasteiger partial charge in [-0.1, -0.05) is 40.2 Å². The third-order valence-corrected chi connectivity index (χ3v) is 4.64. The van der Waals surface area contributed by atoms with E-state index in [2.05, 4.69) is 25.9 Å². The van der Waals surface area contributed by atoms with Crippen LogP contribution in [0.4, 0.5) is 0 Å². The highest BCUT2D eigenvalue weighted by molar-refractivity contribution is 9.10. The van der Waals surface area contributed by atoms with Gasteiger partial charge in [0.2, 0.25) is 11.8 Å². The molecule has 0 saturated carbocycles. The van der Waals surface area contributed by atoms with E-state index >= 15 is 0 Å². The van der Waals surface area contributed by atoms with Crippen LogP contribution in [0.15, 0.2) is 53.1 Å². The SMILES string of the molecule is COC(=O)C(Br)Cc1ccc(OCc2nc(-c3ccccc3)oc2C)nc1. The summed E-state index contributed by atoms with van der Waals surface area (Å²) in [6.45, 7) is 2.12. The summed E-state index contributed by atoms with van der Waals surface area (Å²) in [5.74, 6) is 1.45. The zero-order chi connectivity index (χ0) is 19.2. The Labute approximate surface area is 165 Å². The summed E-state index contributed by atoms with van der Waals surface area (Å²) in [5, 5.41) is 0. The van der Waals surface area contributed by atoms with E-state index in [-0.39, 0.29) is 12.6 Å². The number of hydrogen-bond donors (Lipinski definition) is 0. The lowest BCUT2D eigenvalue weighted by Gasteiger charge is -2.08. The normalized spacial score (nSPS) is 11.8. The molecule has 0 aliphatic rings. The first-order valence-electron chi connectivity index (χ1n) is 8.38. The van der Waals surface area contributed by atoms with E-state index in [0.29, 0.717) is 24.0 Å². The van der Waals surface area contributed by atoms with Crippen LogP contribution in [0.25, 0.3) is 11.5 Å². The van der Waals surface area contributed by atoms with Crippen molar-refractivity contribution in [1.29, 1.82) is 0 Å². The van der Waals surface area contributed by atoms with Crippen LogP contribution >= 0.6 is 15.9 Å². The summed E-state index contributed by atoms with van der Waals surface area (Å²) in [6.07, 6.45) is 2.17. The van der Waals surface area contributed by atoms with Gasteiger partial charge in [0.15, 0.2) is 0 Å². The van der Waals surface area contributed by atoms with Gasteiger partial charge in [-0.3, -0.25) is 4.79 Å². The maximum absolute atomic E-state index is 11.4. The van der Waals surface area contributed by atoms with Crippen molar-refractivity contribution in [2.75, 3.05) is 7.11 Å². The van der Waals surface area contributed by atoms with Gasteiger partial charge in [-0.05, 0) is 31.0 Å². The molecule has 0 radical (unpaired) electrons. The summed E-state index contributed by atoms with van der Waals surface area (Å²) in [6, 6.07) is 13.3. The number of carbonyl (C=O) groups excluding carboxylic acids is 1. The molecule has 0 aliphatic carbocycles. The first-order chi connectivity index (χ1) is 13.1. The van der Waals surface area contributed by atoms with Crippen LogP contribution in [0.5, 0.6) is 5.88 Å². The lowest BCUT2D eigenvalue weighted by molar-refractivity contribution is -0.139. The zero-order valence-electron chi connectivity index (χ0n) is 15.0. The summed E-state index contributed by atoms with van der Waals surface area (Å²) in [5.41, 5.74) is 2.55. The highest BCUT2D eigenvalue weighted by Crippen LogP contribution is 2.22. The van der Waals surface area contributed by atoms with Crippen molar-refractivity contribution >= 4 is 21.9 Å². The number of benzene rings is 1. The molecular weight excluding hydrogens is 412 g/mol. The van der Waals surface area contributed by atoms with Gasteiger partial charge in [0.1, 0.15) is 22.9 Å². The Balaban J connectivity index is 1.60. The van der Waals surface area contributed by atoms with E-state index in [9.17, 15) is 4.79 Å². The Morgan fingerprint density at radius 2 is 2.00 bits per heavy atom. The van der Waals surface area contributed by atoms with Gasteiger partial charge in [-0.25, -0.2) is 9.97 Å². The molecule has 1 atom stereocenters. The molecule has 0 aliphatic heterocycles. The molecule has 2 aromatic heterocycles. The number of oxazole rings is 1. The minimum absolute atomic E-state index is 0.262. The Kier molecular flexibility index (Phi) is 6.24. The van der Waals surface area contributed by atoms with Gasteiger partial charge in [0.05, 0.1) is 7.11 Å². The van der Waals surface area contributed by atoms with Crippen LogP contribution in [0.1, 0.15) is 17.0 Å². The number of rotatable bonds is 7. The van der Waals surface area contributed by atoms with Crippen LogP contribution in [0.3, 0.4) is 0 Å². The van der Waals surface area contributed by atoms with Gasteiger partial charge >= 0.3 is 5.97 Å². The molecule has 3 aromatic rings. The third kappa shape index (κ3) is 4.95. The molecule has 1 aromatic carbocycles. The fourth-order valence-corrected chi connectivity index (χ4v) is 3.00. The summed E-state index contributed by atoms with van der Waals surface area (Å²) < 4.78 is 16.1. The highest BCUT2D eigenvalue weighted by Gasteiger charge is 2.16. The van der Waals surface area contributed by atoms with Crippen LogP contribution < -0.4 is 4.74 Å². The Morgan fingerprint density at radius 3 is 2.67 bits per heavy atom. The number of nitrogens with zero attached hydrogens (tertiary/aromatic N) is 2. The van der Waals surface area contributed by atoms with Crippen molar-refractivity contribution in [2.45, 2.75) is 24.8 Å². The van der Waals surface area contributed by atoms with E-state index < -0.39 is 4.83 Å². The van der Waals surface area contributed by atoms with Gasteiger partial charge in [0, 0.05) is 17.8 Å². The maximum atomic E-state index is 11.4. The second kappa shape index (κ2) is 8.81. The van der Waals surface area contributed by atoms with Crippen molar-refractivity contribution in [3.05, 3.63) is 65.7 Å². The third-order valence-electron chi connectivity index (χ3n) is 3.94. The lowest BCUT2D eigenvalue weighted by Crippen LogP contribution is -2.18. The molecule has 0 fully saturated rings. The predicted octanol–water partition coefficient (Wildman–Crippen LogP) is 4.10. The van der Waals surface area contributed by atoms with E-state index in [1.807, 2.05) is 43.3 Å². The van der Waals surface area contributed by atoms with Crippen molar-refractivity contribution in [3.63, 3.8) is 0 Å². The Morgan fingerprint density at radius 1 is 1.22 bits per heavy atom. The van der Waals surface area contributed by atoms with Gasteiger partial charge < -0.3 is 13.9 Å². The Bertz CT molecular complexity index is 894. The van der Waals surface area contributed by atoms with E-state index in [1.165, 1.54) is 7.11 Å². The van der Waals surface area contributed by atoms with Crippen molar-refractivity contribution < 1.29 is 18.7 Å². The minimum Gasteiger partial charge on any atom is -0.471 e. The largest absolute Gasteiger partial charge is 0.471 e. The highest BCUT2D eigenvalue weighted by atomic mass is 79.9. The number of esters is 1. The van der Waals surface area contributed by atoms with Gasteiger partial charge in [-0.15, -0.1) is 0 Å². The second-order valence-electron chi connectivity index (χ2n) is 5.88. The number of pyridine rings is 1. The topological polar surface area (TPSA) is 74.5 Å². The molecule has 6 nitrogen and oxygen atoms in total. The van der Waals surface area contributed by atoms with Crippen LogP contribution in [0.2, 0.25) is 0 Å². The molecule has 0 spiro atoms. The minimum atomic E-state index is -0.398. The molecule has 140 valence electrons. The number of aryl methyl sites for hydroxylation is 1. The van der Waals surface area contributed by atoms with Crippen molar-refractivity contribution in [1.82, 2.24) is 9.97 Å². The zero-order valence-corrected chi connectivity index (χ0v) is 16.6. The number of alkyl halides is 1. The van der Waals surface area contributed by atoms with E-state index in [1.54, 1.807) is 12.3 Å². The van der Waals surface area contributed by atoms with Crippen molar-refractivity contribution in [2.24, 2.45) is 0 Å². The number of hydrogen-bond acceptors (Lipinski definition) is 6. The standard InChI is InChI=1S/C20H19BrN2O4/c1-13-17(23-19(27-13)15-6-4-3-5-7-15)12-26-18-9-8-14(11-22-18)10-16(21)20(24)25-2/h3-9,11,16H,10,12H2,1-2H3. The molecule has 0 N–H and O–H groups in total. The number of ether oxygens (including phenoxy) is 2. The smallest absolute Gasteiger partial charge is 0.319 e. The number of carbonyl (C=O) groups is 1. The summed E-state index contributed by atoms with van der Waals surface area (Å²) >= 11 is 3.30. The molecular formula is C20H19BrN2O4. The average molecular weight is 431 g/mol. The molecule has 0 saturated heterocycles. The predicted molar refractivity (Wildman–Crippen MR) is 104 cm³/mol. The monoisotopic (exact) mass is 430 g/mol. The van der Waals surface area contributed by atoms with Gasteiger partial charge in [0.25, 0.3) is 0 Å². The fraction of sp³-hybridized carbons (Fsp3) is 0.250. The Hall–Kier alpha value is -2.67. The van der Waals surface area contributed by atoms with Crippen LogP contribution in [-0.2, 0) is 22.6 Å². The molecule has 3 rings (SSSR count). The first kappa shape index (κ1) is 19.1. The quantitative estimate of drug-likeness (QED) is 0.414. The molecule has 0 bridgehead atoms. The van der Waals surface area contributed by atoms with Crippen molar-refractivity contribution in [3.8, 4) is 17.3 Å². The molecule has 27 heavy (non-hydrogen) atoms. The second-order valence-corrected chi connectivity index (χ2v) is 6.98. The number of aromatic nitrogens is 2. The lowest BCUT2D eigenvalue weighted by atomic mass is 10.1. The average Bonchev–Trinajstić information content (AvgIpc) is 3.08. The molecule has 2 heterocycles. The first-order valence-corrected chi connectivity index (χ1v) is 9.29. The van der Waals surface area contributed by atoms with Crippen LogP contribution in [-0.4, -0.2) is 27.9 Å². The summed E-state index contributed by atoms with van der Waals surface area (Å²) in [7, 11) is 1.36. The fourth-order valence-electron chi connectivity index (χ4n) is 2.44. The summed E-state index contributed by atoms with van der Waals surface area (Å²) in [4.78, 5) is 19.8. The molecule has 0 amide bonds. The molecule has 1 unspecified atom stereocenters. The molecule has 7 heteroatoms. The number of methoxy groups -OCH3 is 1.